The zero-order chi connectivity index (χ0) is 26.4. The summed E-state index contributed by atoms with van der Waals surface area (Å²) < 4.78 is 16.0. The SMILES string of the molecule is C=C1C[C@H](O)[C@@H]2[C@](C)(CCC[C@]2(C)C(=O)O[C@@H]2O[C@H](CO)[C@@H](O)[C@H](O)[C@H]2O)[C@H]1CCC1=CCOC1=O. The molecule has 1 saturated heterocycles. The molecule has 2 aliphatic carbocycles. The van der Waals surface area contributed by atoms with E-state index in [2.05, 4.69) is 13.5 Å². The molecule has 2 saturated carbocycles. The molecule has 0 unspecified atom stereocenters. The number of hydrogen-bond acceptors (Lipinski definition) is 10. The number of carbonyl (C=O) groups is 2. The van der Waals surface area contributed by atoms with Gasteiger partial charge < -0.3 is 39.7 Å². The molecule has 36 heavy (non-hydrogen) atoms. The Labute approximate surface area is 210 Å². The Bertz CT molecular complexity index is 914. The maximum atomic E-state index is 13.6. The summed E-state index contributed by atoms with van der Waals surface area (Å²) in [5, 5.41) is 51.2. The van der Waals surface area contributed by atoms with Crippen LogP contribution in [0.1, 0.15) is 52.4 Å². The smallest absolute Gasteiger partial charge is 0.334 e. The number of ether oxygens (including phenoxy) is 3. The highest BCUT2D eigenvalue weighted by atomic mass is 16.7. The Morgan fingerprint density at radius 3 is 2.53 bits per heavy atom. The second-order valence-electron chi connectivity index (χ2n) is 11.2. The number of esters is 2. The minimum atomic E-state index is -1.70. The molecule has 2 heterocycles. The van der Waals surface area contributed by atoms with Crippen molar-refractivity contribution in [2.45, 2.75) is 89.2 Å². The van der Waals surface area contributed by atoms with E-state index in [-0.39, 0.29) is 18.5 Å². The van der Waals surface area contributed by atoms with E-state index in [9.17, 15) is 35.1 Å². The summed E-state index contributed by atoms with van der Waals surface area (Å²) in [7, 11) is 0. The molecular weight excluding hydrogens is 472 g/mol. The summed E-state index contributed by atoms with van der Waals surface area (Å²) >= 11 is 0. The zero-order valence-electron chi connectivity index (χ0n) is 20.8. The molecule has 5 N–H and O–H groups in total. The molecule has 10 atom stereocenters. The highest BCUT2D eigenvalue weighted by molar-refractivity contribution is 5.90. The van der Waals surface area contributed by atoms with E-state index in [1.54, 1.807) is 13.0 Å². The van der Waals surface area contributed by atoms with Gasteiger partial charge in [0, 0.05) is 11.5 Å². The number of rotatable bonds is 6. The van der Waals surface area contributed by atoms with Crippen LogP contribution in [0.2, 0.25) is 0 Å². The molecule has 4 rings (SSSR count). The number of hydrogen-bond donors (Lipinski definition) is 5. The quantitative estimate of drug-likeness (QED) is 0.249. The van der Waals surface area contributed by atoms with Crippen molar-refractivity contribution < 1.29 is 49.3 Å². The van der Waals surface area contributed by atoms with Crippen LogP contribution < -0.4 is 0 Å². The molecule has 4 aliphatic rings. The van der Waals surface area contributed by atoms with E-state index in [4.69, 9.17) is 14.2 Å². The van der Waals surface area contributed by atoms with E-state index in [1.165, 1.54) is 0 Å². The predicted octanol–water partition coefficient (Wildman–Crippen LogP) is 0.343. The molecule has 0 aromatic heterocycles. The summed E-state index contributed by atoms with van der Waals surface area (Å²) in [5.41, 5.74) is -0.107. The second kappa shape index (κ2) is 10.2. The Kier molecular flexibility index (Phi) is 7.68. The van der Waals surface area contributed by atoms with Gasteiger partial charge in [0.15, 0.2) is 0 Å². The summed E-state index contributed by atoms with van der Waals surface area (Å²) in [4.78, 5) is 25.6. The van der Waals surface area contributed by atoms with Gasteiger partial charge in [-0.1, -0.05) is 25.5 Å². The molecule has 0 spiro atoms. The van der Waals surface area contributed by atoms with E-state index in [1.807, 2.05) is 0 Å². The summed E-state index contributed by atoms with van der Waals surface area (Å²) in [6.45, 7) is 7.67. The Morgan fingerprint density at radius 2 is 1.89 bits per heavy atom. The second-order valence-corrected chi connectivity index (χ2v) is 11.2. The van der Waals surface area contributed by atoms with Crippen LogP contribution in [0, 0.1) is 22.7 Å². The van der Waals surface area contributed by atoms with Crippen LogP contribution in [0.5, 0.6) is 0 Å². The molecular formula is C26H38O10. The van der Waals surface area contributed by atoms with Crippen molar-refractivity contribution in [1.82, 2.24) is 0 Å². The maximum Gasteiger partial charge on any atom is 0.334 e. The van der Waals surface area contributed by atoms with Gasteiger partial charge in [0.25, 0.3) is 0 Å². The van der Waals surface area contributed by atoms with Crippen molar-refractivity contribution in [2.24, 2.45) is 22.7 Å². The van der Waals surface area contributed by atoms with E-state index >= 15 is 0 Å². The van der Waals surface area contributed by atoms with Crippen LogP contribution in [0.15, 0.2) is 23.8 Å². The fourth-order valence-corrected chi connectivity index (χ4v) is 7.19. The van der Waals surface area contributed by atoms with Crippen molar-refractivity contribution in [2.75, 3.05) is 13.2 Å². The molecule has 202 valence electrons. The number of aliphatic hydroxyl groups excluding tert-OH is 5. The Balaban J connectivity index is 1.56. The van der Waals surface area contributed by atoms with Crippen LogP contribution in [-0.2, 0) is 23.8 Å². The number of cyclic esters (lactones) is 1. The first kappa shape index (κ1) is 27.2. The van der Waals surface area contributed by atoms with Crippen LogP contribution in [0.25, 0.3) is 0 Å². The molecule has 0 bridgehead atoms. The molecule has 0 amide bonds. The monoisotopic (exact) mass is 510 g/mol. The van der Waals surface area contributed by atoms with E-state index < -0.39 is 66.1 Å². The first-order valence-corrected chi connectivity index (χ1v) is 12.7. The fraction of sp³-hybridized carbons (Fsp3) is 0.769. The first-order chi connectivity index (χ1) is 16.9. The van der Waals surface area contributed by atoms with Crippen LogP contribution in [0.4, 0.5) is 0 Å². The van der Waals surface area contributed by atoms with Crippen LogP contribution in [0.3, 0.4) is 0 Å². The van der Waals surface area contributed by atoms with Crippen molar-refractivity contribution in [1.29, 1.82) is 0 Å². The minimum Gasteiger partial charge on any atom is -0.458 e. The third-order valence-electron chi connectivity index (χ3n) is 9.00. The molecule has 0 aromatic carbocycles. The summed E-state index contributed by atoms with van der Waals surface area (Å²) in [6, 6.07) is 0. The van der Waals surface area contributed by atoms with Crippen LogP contribution in [-0.4, -0.2) is 87.5 Å². The number of fused-ring (bicyclic) bond motifs is 1. The van der Waals surface area contributed by atoms with Gasteiger partial charge in [-0.05, 0) is 56.4 Å². The summed E-state index contributed by atoms with van der Waals surface area (Å²) in [5.74, 6) is -1.53. The van der Waals surface area contributed by atoms with E-state index in [0.29, 0.717) is 37.7 Å². The third-order valence-corrected chi connectivity index (χ3v) is 9.00. The highest BCUT2D eigenvalue weighted by Gasteiger charge is 2.61. The molecule has 0 aromatic rings. The van der Waals surface area contributed by atoms with Crippen molar-refractivity contribution in [3.05, 3.63) is 23.8 Å². The molecule has 10 heteroatoms. The molecule has 0 radical (unpaired) electrons. The van der Waals surface area contributed by atoms with Gasteiger partial charge in [-0.2, -0.15) is 0 Å². The maximum absolute atomic E-state index is 13.6. The molecule has 10 nitrogen and oxygen atoms in total. The highest BCUT2D eigenvalue weighted by Crippen LogP contribution is 2.62. The van der Waals surface area contributed by atoms with Crippen molar-refractivity contribution >= 4 is 11.9 Å². The Morgan fingerprint density at radius 1 is 1.17 bits per heavy atom. The van der Waals surface area contributed by atoms with Gasteiger partial charge in [0.05, 0.1) is 18.1 Å². The molecule has 2 aliphatic heterocycles. The lowest BCUT2D eigenvalue weighted by molar-refractivity contribution is -0.298. The largest absolute Gasteiger partial charge is 0.458 e. The first-order valence-electron chi connectivity index (χ1n) is 12.7. The third kappa shape index (κ3) is 4.52. The van der Waals surface area contributed by atoms with Crippen molar-refractivity contribution in [3.63, 3.8) is 0 Å². The lowest BCUT2D eigenvalue weighted by atomic mass is 9.45. The molecule has 3 fully saturated rings. The average molecular weight is 511 g/mol. The van der Waals surface area contributed by atoms with Gasteiger partial charge in [-0.15, -0.1) is 0 Å². The van der Waals surface area contributed by atoms with Gasteiger partial charge in [-0.25, -0.2) is 4.79 Å². The normalized spacial score (nSPS) is 45.0. The summed E-state index contributed by atoms with van der Waals surface area (Å²) in [6.07, 6.45) is -3.41. The topological polar surface area (TPSA) is 163 Å². The fourth-order valence-electron chi connectivity index (χ4n) is 7.19. The van der Waals surface area contributed by atoms with E-state index in [0.717, 1.165) is 12.0 Å². The predicted molar refractivity (Wildman–Crippen MR) is 125 cm³/mol. The van der Waals surface area contributed by atoms with Gasteiger partial charge in [-0.3, -0.25) is 4.79 Å². The minimum absolute atomic E-state index is 0.0418. The van der Waals surface area contributed by atoms with Gasteiger partial charge in [0.1, 0.15) is 31.0 Å². The zero-order valence-corrected chi connectivity index (χ0v) is 20.8. The lowest BCUT2D eigenvalue weighted by Crippen LogP contribution is -2.62. The van der Waals surface area contributed by atoms with Crippen LogP contribution >= 0.6 is 0 Å². The van der Waals surface area contributed by atoms with Crippen molar-refractivity contribution in [3.8, 4) is 0 Å². The Hall–Kier alpha value is -1.82. The number of carbonyl (C=O) groups excluding carboxylic acids is 2. The average Bonchev–Trinajstić information content (AvgIpc) is 3.23. The number of aliphatic hydroxyl groups is 5. The lowest BCUT2D eigenvalue weighted by Gasteiger charge is -2.59. The van der Waals surface area contributed by atoms with Gasteiger partial charge >= 0.3 is 11.9 Å². The van der Waals surface area contributed by atoms with Gasteiger partial charge in [0.2, 0.25) is 6.29 Å². The standard InChI is InChI=1S/C26H38O10/c1-13-11-16(28)21-25(2,15(13)6-5-14-7-10-34-22(14)32)8-4-9-26(21,3)24(33)36-23-20(31)19(30)18(29)17(12-27)35-23/h7,15-21,23,27-31H,1,4-6,8-12H2,2-3H3/t15-,16-,17+,18+,19-,20+,21+,23-,25+,26-/m0/s1.